The van der Waals surface area contributed by atoms with Crippen molar-refractivity contribution < 1.29 is 19.1 Å². The Bertz CT molecular complexity index is 415. The molecule has 0 spiro atoms. The molecule has 6 heteroatoms. The fourth-order valence-electron chi connectivity index (χ4n) is 2.07. The maximum absolute atomic E-state index is 11.2. The van der Waals surface area contributed by atoms with Gasteiger partial charge in [0.1, 0.15) is 0 Å². The number of amides is 2. The molecule has 0 aliphatic heterocycles. The Balaban J connectivity index is 4.04. The summed E-state index contributed by atoms with van der Waals surface area (Å²) in [6, 6.07) is 0. The van der Waals surface area contributed by atoms with E-state index < -0.39 is 0 Å². The van der Waals surface area contributed by atoms with E-state index in [4.69, 9.17) is 9.47 Å². The SMILES string of the molecule is C=CC(=O)NCC(C)COCC(C)(CC)COCC(C)CNC(=O)C=C. The number of carbonyl (C=O) groups excluding carboxylic acids is 2. The fourth-order valence-corrected chi connectivity index (χ4v) is 2.07. The van der Waals surface area contributed by atoms with Crippen LogP contribution in [0.1, 0.15) is 34.1 Å². The third-order valence-corrected chi connectivity index (χ3v) is 4.18. The van der Waals surface area contributed by atoms with Crippen molar-refractivity contribution in [2.24, 2.45) is 17.3 Å². The molecule has 26 heavy (non-hydrogen) atoms. The topological polar surface area (TPSA) is 76.7 Å². The Hall–Kier alpha value is -1.66. The van der Waals surface area contributed by atoms with Crippen molar-refractivity contribution in [3.8, 4) is 0 Å². The van der Waals surface area contributed by atoms with Crippen LogP contribution in [0.15, 0.2) is 25.3 Å². The molecule has 6 nitrogen and oxygen atoms in total. The van der Waals surface area contributed by atoms with Crippen molar-refractivity contribution in [2.45, 2.75) is 34.1 Å². The van der Waals surface area contributed by atoms with E-state index in [0.717, 1.165) is 6.42 Å². The number of rotatable bonds is 15. The van der Waals surface area contributed by atoms with Gasteiger partial charge in [0.05, 0.1) is 26.4 Å². The standard InChI is InChI=1S/C20H36N2O4/c1-7-18(23)21-10-16(4)12-25-14-20(6,9-3)15-26-13-17(5)11-22-19(24)8-2/h7-8,16-17H,1-2,9-15H2,3-6H3,(H,21,23)(H,22,24). The van der Waals surface area contributed by atoms with Gasteiger partial charge in [0.15, 0.2) is 0 Å². The van der Waals surface area contributed by atoms with Crippen LogP contribution >= 0.6 is 0 Å². The van der Waals surface area contributed by atoms with E-state index in [1.54, 1.807) is 0 Å². The summed E-state index contributed by atoms with van der Waals surface area (Å²) in [6.45, 7) is 18.7. The Morgan fingerprint density at radius 1 is 0.962 bits per heavy atom. The zero-order valence-electron chi connectivity index (χ0n) is 16.8. The molecule has 0 saturated heterocycles. The molecule has 0 aromatic rings. The van der Waals surface area contributed by atoms with E-state index >= 15 is 0 Å². The molecule has 2 atom stereocenters. The van der Waals surface area contributed by atoms with Crippen molar-refractivity contribution in [3.05, 3.63) is 25.3 Å². The minimum atomic E-state index is -0.165. The average Bonchev–Trinajstić information content (AvgIpc) is 2.63. The monoisotopic (exact) mass is 368 g/mol. The normalized spacial score (nSPS) is 15.4. The largest absolute Gasteiger partial charge is 0.380 e. The van der Waals surface area contributed by atoms with Crippen LogP contribution in [-0.2, 0) is 19.1 Å². The molecule has 2 N–H and O–H groups in total. The van der Waals surface area contributed by atoms with Gasteiger partial charge in [-0.15, -0.1) is 0 Å². The van der Waals surface area contributed by atoms with Gasteiger partial charge in [-0.1, -0.05) is 40.9 Å². The van der Waals surface area contributed by atoms with Crippen LogP contribution in [0.3, 0.4) is 0 Å². The zero-order chi connectivity index (χ0) is 20.0. The summed E-state index contributed by atoms with van der Waals surface area (Å²) in [5.74, 6) is 0.132. The van der Waals surface area contributed by atoms with Gasteiger partial charge >= 0.3 is 0 Å². The van der Waals surface area contributed by atoms with Crippen LogP contribution < -0.4 is 10.6 Å². The molecule has 0 aromatic carbocycles. The number of ether oxygens (including phenoxy) is 2. The first kappa shape index (κ1) is 24.3. The second-order valence-electron chi connectivity index (χ2n) is 7.30. The van der Waals surface area contributed by atoms with E-state index in [9.17, 15) is 9.59 Å². The minimum Gasteiger partial charge on any atom is -0.380 e. The summed E-state index contributed by atoms with van der Waals surface area (Å²) in [5.41, 5.74) is -0.0613. The Morgan fingerprint density at radius 3 is 1.65 bits per heavy atom. The molecule has 0 aromatic heterocycles. The molecule has 0 radical (unpaired) electrons. The fraction of sp³-hybridized carbons (Fsp3) is 0.700. The van der Waals surface area contributed by atoms with Gasteiger partial charge in [0.25, 0.3) is 0 Å². The van der Waals surface area contributed by atoms with E-state index in [-0.39, 0.29) is 29.1 Å². The highest BCUT2D eigenvalue weighted by atomic mass is 16.5. The lowest BCUT2D eigenvalue weighted by molar-refractivity contribution is -0.117. The molecule has 0 bridgehead atoms. The number of nitrogens with one attached hydrogen (secondary N) is 2. The lowest BCUT2D eigenvalue weighted by Crippen LogP contribution is -2.33. The summed E-state index contributed by atoms with van der Waals surface area (Å²) in [6.07, 6.45) is 3.47. The third-order valence-electron chi connectivity index (χ3n) is 4.18. The molecule has 0 heterocycles. The van der Waals surface area contributed by atoms with E-state index in [0.29, 0.717) is 39.5 Å². The maximum atomic E-state index is 11.2. The van der Waals surface area contributed by atoms with Gasteiger partial charge in [-0.2, -0.15) is 0 Å². The first-order valence-electron chi connectivity index (χ1n) is 9.22. The minimum absolute atomic E-state index is 0.0613. The van der Waals surface area contributed by atoms with Gasteiger partial charge in [0.2, 0.25) is 11.8 Å². The Kier molecular flexibility index (Phi) is 12.7. The summed E-state index contributed by atoms with van der Waals surface area (Å²) < 4.78 is 11.7. The molecular weight excluding hydrogens is 332 g/mol. The highest BCUT2D eigenvalue weighted by Crippen LogP contribution is 2.22. The van der Waals surface area contributed by atoms with Crippen LogP contribution in [0.25, 0.3) is 0 Å². The van der Waals surface area contributed by atoms with E-state index in [1.807, 2.05) is 13.8 Å². The third kappa shape index (κ3) is 11.8. The lowest BCUT2D eigenvalue weighted by Gasteiger charge is -2.29. The summed E-state index contributed by atoms with van der Waals surface area (Å²) >= 11 is 0. The predicted octanol–water partition coefficient (Wildman–Crippen LogP) is 2.31. The first-order chi connectivity index (χ1) is 12.3. The quantitative estimate of drug-likeness (QED) is 0.435. The Morgan fingerprint density at radius 2 is 1.35 bits per heavy atom. The second kappa shape index (κ2) is 13.5. The van der Waals surface area contributed by atoms with Crippen molar-refractivity contribution in [3.63, 3.8) is 0 Å². The predicted molar refractivity (Wildman–Crippen MR) is 105 cm³/mol. The first-order valence-corrected chi connectivity index (χ1v) is 9.22. The van der Waals surface area contributed by atoms with Crippen LogP contribution in [0.4, 0.5) is 0 Å². The number of hydrogen-bond donors (Lipinski definition) is 2. The summed E-state index contributed by atoms with van der Waals surface area (Å²) in [5, 5.41) is 5.53. The summed E-state index contributed by atoms with van der Waals surface area (Å²) in [4.78, 5) is 22.3. The molecule has 0 aliphatic carbocycles. The highest BCUT2D eigenvalue weighted by molar-refractivity contribution is 5.87. The summed E-state index contributed by atoms with van der Waals surface area (Å²) in [7, 11) is 0. The van der Waals surface area contributed by atoms with Crippen LogP contribution in [0.2, 0.25) is 0 Å². The van der Waals surface area contributed by atoms with Crippen molar-refractivity contribution >= 4 is 11.8 Å². The van der Waals surface area contributed by atoms with Crippen molar-refractivity contribution in [1.29, 1.82) is 0 Å². The molecule has 0 aliphatic rings. The molecule has 2 amide bonds. The van der Waals surface area contributed by atoms with E-state index in [1.165, 1.54) is 12.2 Å². The van der Waals surface area contributed by atoms with Gasteiger partial charge in [-0.25, -0.2) is 0 Å². The maximum Gasteiger partial charge on any atom is 0.243 e. The second-order valence-corrected chi connectivity index (χ2v) is 7.30. The smallest absolute Gasteiger partial charge is 0.243 e. The number of hydrogen-bond acceptors (Lipinski definition) is 4. The molecule has 0 rings (SSSR count). The van der Waals surface area contributed by atoms with Crippen molar-refractivity contribution in [1.82, 2.24) is 10.6 Å². The Labute approximate surface area is 158 Å². The average molecular weight is 369 g/mol. The zero-order valence-corrected chi connectivity index (χ0v) is 16.8. The van der Waals surface area contributed by atoms with Gasteiger partial charge < -0.3 is 20.1 Å². The van der Waals surface area contributed by atoms with Crippen LogP contribution in [-0.4, -0.2) is 51.3 Å². The highest BCUT2D eigenvalue weighted by Gasteiger charge is 2.23. The molecule has 0 fully saturated rings. The van der Waals surface area contributed by atoms with Crippen molar-refractivity contribution in [2.75, 3.05) is 39.5 Å². The molecule has 2 unspecified atom stereocenters. The number of carbonyl (C=O) groups is 2. The molecule has 150 valence electrons. The van der Waals surface area contributed by atoms with E-state index in [2.05, 4.69) is 37.6 Å². The van der Waals surface area contributed by atoms with Crippen LogP contribution in [0.5, 0.6) is 0 Å². The van der Waals surface area contributed by atoms with Gasteiger partial charge in [-0.3, -0.25) is 9.59 Å². The van der Waals surface area contributed by atoms with Gasteiger partial charge in [-0.05, 0) is 30.4 Å². The molecular formula is C20H36N2O4. The van der Waals surface area contributed by atoms with Crippen LogP contribution in [0, 0.1) is 17.3 Å². The van der Waals surface area contributed by atoms with Gasteiger partial charge in [0, 0.05) is 18.5 Å². The lowest BCUT2D eigenvalue weighted by atomic mass is 9.89. The molecule has 0 saturated carbocycles.